The summed E-state index contributed by atoms with van der Waals surface area (Å²) in [5.41, 5.74) is 0.929. The van der Waals surface area contributed by atoms with Crippen molar-refractivity contribution in [2.24, 2.45) is 0 Å². The van der Waals surface area contributed by atoms with Crippen LogP contribution in [0.3, 0.4) is 0 Å². The van der Waals surface area contributed by atoms with E-state index < -0.39 is 0 Å². The van der Waals surface area contributed by atoms with Gasteiger partial charge in [0, 0.05) is 24.7 Å². The van der Waals surface area contributed by atoms with Crippen molar-refractivity contribution >= 4 is 16.5 Å². The molecule has 86 valence electrons. The average Bonchev–Trinajstić information content (AvgIpc) is 2.66. The molecule has 0 bridgehead atoms. The molecule has 0 spiro atoms. The molecule has 15 heavy (non-hydrogen) atoms. The highest BCUT2D eigenvalue weighted by Crippen LogP contribution is 2.17. The van der Waals surface area contributed by atoms with E-state index in [1.165, 1.54) is 24.4 Å². The average molecular weight is 229 g/mol. The summed E-state index contributed by atoms with van der Waals surface area (Å²) in [5.74, 6) is 0. The van der Waals surface area contributed by atoms with Crippen molar-refractivity contribution in [3.8, 4) is 0 Å². The molecule has 0 saturated carbocycles. The minimum absolute atomic E-state index is 0.572. The number of hydrogen-bond donors (Lipinski definition) is 1. The summed E-state index contributed by atoms with van der Waals surface area (Å²) in [6, 6.07) is 0. The molecule has 0 aromatic carbocycles. The maximum absolute atomic E-state index is 5.53. The van der Waals surface area contributed by atoms with Crippen molar-refractivity contribution in [1.82, 2.24) is 9.59 Å². The Bertz CT molecular complexity index is 265. The summed E-state index contributed by atoms with van der Waals surface area (Å²) >= 11 is 1.39. The summed E-state index contributed by atoms with van der Waals surface area (Å²) < 4.78 is 9.44. The van der Waals surface area contributed by atoms with Gasteiger partial charge in [-0.2, -0.15) is 0 Å². The van der Waals surface area contributed by atoms with Gasteiger partial charge in [-0.25, -0.2) is 0 Å². The second-order valence-corrected chi connectivity index (χ2v) is 4.09. The number of unbranched alkanes of at least 4 members (excludes halogenated alkanes) is 2. The molecule has 0 aliphatic carbocycles. The third-order valence-corrected chi connectivity index (χ3v) is 2.75. The van der Waals surface area contributed by atoms with Crippen LogP contribution < -0.4 is 5.32 Å². The monoisotopic (exact) mass is 229 g/mol. The van der Waals surface area contributed by atoms with Crippen LogP contribution >= 0.6 is 11.5 Å². The Hall–Kier alpha value is -0.680. The fraction of sp³-hybridized carbons (Fsp3) is 0.800. The highest BCUT2D eigenvalue weighted by atomic mass is 32.1. The largest absolute Gasteiger partial charge is 0.375 e. The van der Waals surface area contributed by atoms with Gasteiger partial charge in [0.15, 0.2) is 0 Å². The normalized spacial score (nSPS) is 10.5. The van der Waals surface area contributed by atoms with Crippen LogP contribution in [0.1, 0.15) is 38.8 Å². The Labute approximate surface area is 95.2 Å². The van der Waals surface area contributed by atoms with Crippen LogP contribution in [-0.2, 0) is 11.3 Å². The molecule has 1 aromatic rings. The standard InChI is InChI=1S/C10H19N3OS/c1-3-5-6-7-14-8-9-10(11-4-2)15-13-12-9/h11H,3-8H2,1-2H3. The van der Waals surface area contributed by atoms with Crippen molar-refractivity contribution in [3.05, 3.63) is 5.69 Å². The zero-order valence-electron chi connectivity index (χ0n) is 9.45. The Morgan fingerprint density at radius 2 is 2.20 bits per heavy atom. The second-order valence-electron chi connectivity index (χ2n) is 3.34. The third kappa shape index (κ3) is 4.57. The molecule has 5 heteroatoms. The summed E-state index contributed by atoms with van der Waals surface area (Å²) in [7, 11) is 0. The fourth-order valence-corrected chi connectivity index (χ4v) is 1.86. The molecular formula is C10H19N3OS. The fourth-order valence-electron chi connectivity index (χ4n) is 1.22. The number of ether oxygens (including phenoxy) is 1. The van der Waals surface area contributed by atoms with Crippen molar-refractivity contribution in [1.29, 1.82) is 0 Å². The van der Waals surface area contributed by atoms with E-state index in [4.69, 9.17) is 4.74 Å². The molecule has 0 fully saturated rings. The van der Waals surface area contributed by atoms with Crippen molar-refractivity contribution in [2.75, 3.05) is 18.5 Å². The Kier molecular flexibility index (Phi) is 6.27. The first-order valence-corrected chi connectivity index (χ1v) is 6.28. The first-order valence-electron chi connectivity index (χ1n) is 5.51. The van der Waals surface area contributed by atoms with Crippen LogP contribution in [0, 0.1) is 0 Å². The molecule has 0 amide bonds. The predicted octanol–water partition coefficient (Wildman–Crippen LogP) is 2.68. The molecule has 0 saturated heterocycles. The molecule has 0 aliphatic rings. The van der Waals surface area contributed by atoms with Gasteiger partial charge in [-0.15, -0.1) is 5.10 Å². The lowest BCUT2D eigenvalue weighted by atomic mass is 10.3. The molecule has 0 aliphatic heterocycles. The van der Waals surface area contributed by atoms with Gasteiger partial charge in [0.2, 0.25) is 0 Å². The van der Waals surface area contributed by atoms with E-state index in [0.29, 0.717) is 6.61 Å². The molecule has 1 heterocycles. The van der Waals surface area contributed by atoms with Crippen molar-refractivity contribution in [2.45, 2.75) is 39.7 Å². The topological polar surface area (TPSA) is 47.0 Å². The van der Waals surface area contributed by atoms with E-state index >= 15 is 0 Å². The maximum Gasteiger partial charge on any atom is 0.135 e. The Balaban J connectivity index is 2.21. The first-order chi connectivity index (χ1) is 7.38. The van der Waals surface area contributed by atoms with Crippen LogP contribution in [0.15, 0.2) is 0 Å². The van der Waals surface area contributed by atoms with Crippen molar-refractivity contribution in [3.63, 3.8) is 0 Å². The lowest BCUT2D eigenvalue weighted by molar-refractivity contribution is 0.115. The van der Waals surface area contributed by atoms with Gasteiger partial charge < -0.3 is 10.1 Å². The second kappa shape index (κ2) is 7.59. The highest BCUT2D eigenvalue weighted by Gasteiger charge is 2.06. The highest BCUT2D eigenvalue weighted by molar-refractivity contribution is 7.10. The van der Waals surface area contributed by atoms with E-state index in [1.807, 2.05) is 0 Å². The zero-order valence-corrected chi connectivity index (χ0v) is 10.3. The van der Waals surface area contributed by atoms with Gasteiger partial charge in [0.05, 0.1) is 6.61 Å². The molecule has 0 unspecified atom stereocenters. The van der Waals surface area contributed by atoms with Crippen LogP contribution in [-0.4, -0.2) is 22.7 Å². The third-order valence-electron chi connectivity index (χ3n) is 2.02. The Morgan fingerprint density at radius 3 is 2.93 bits per heavy atom. The molecular weight excluding hydrogens is 210 g/mol. The van der Waals surface area contributed by atoms with E-state index in [0.717, 1.165) is 30.3 Å². The van der Waals surface area contributed by atoms with E-state index in [1.54, 1.807) is 0 Å². The quantitative estimate of drug-likeness (QED) is 0.696. The number of nitrogens with one attached hydrogen (secondary N) is 1. The number of rotatable bonds is 8. The Morgan fingerprint density at radius 1 is 1.33 bits per heavy atom. The maximum atomic E-state index is 5.53. The molecule has 1 N–H and O–H groups in total. The van der Waals surface area contributed by atoms with Gasteiger partial charge in [-0.05, 0) is 13.3 Å². The van der Waals surface area contributed by atoms with Gasteiger partial charge in [-0.3, -0.25) is 0 Å². The summed E-state index contributed by atoms with van der Waals surface area (Å²) in [6.45, 7) is 6.53. The zero-order chi connectivity index (χ0) is 10.9. The van der Waals surface area contributed by atoms with Crippen LogP contribution in [0.2, 0.25) is 0 Å². The van der Waals surface area contributed by atoms with Gasteiger partial charge in [0.1, 0.15) is 10.7 Å². The number of hydrogen-bond acceptors (Lipinski definition) is 5. The summed E-state index contributed by atoms with van der Waals surface area (Å²) in [5, 5.41) is 8.29. The van der Waals surface area contributed by atoms with E-state index in [-0.39, 0.29) is 0 Å². The molecule has 0 radical (unpaired) electrons. The molecule has 4 nitrogen and oxygen atoms in total. The number of anilines is 1. The summed E-state index contributed by atoms with van der Waals surface area (Å²) in [4.78, 5) is 0. The van der Waals surface area contributed by atoms with Crippen molar-refractivity contribution < 1.29 is 4.74 Å². The van der Waals surface area contributed by atoms with Gasteiger partial charge >= 0.3 is 0 Å². The first kappa shape index (κ1) is 12.4. The molecule has 0 atom stereocenters. The number of nitrogens with zero attached hydrogens (tertiary/aromatic N) is 2. The lowest BCUT2D eigenvalue weighted by Gasteiger charge is -2.03. The minimum atomic E-state index is 0.572. The minimum Gasteiger partial charge on any atom is -0.375 e. The summed E-state index contributed by atoms with van der Waals surface area (Å²) in [6.07, 6.45) is 3.59. The molecule has 1 aromatic heterocycles. The van der Waals surface area contributed by atoms with Crippen LogP contribution in [0.5, 0.6) is 0 Å². The van der Waals surface area contributed by atoms with E-state index in [9.17, 15) is 0 Å². The number of aromatic nitrogens is 2. The predicted molar refractivity (Wildman–Crippen MR) is 63.3 cm³/mol. The van der Waals surface area contributed by atoms with Crippen LogP contribution in [0.25, 0.3) is 0 Å². The molecule has 1 rings (SSSR count). The van der Waals surface area contributed by atoms with Crippen LogP contribution in [0.4, 0.5) is 5.00 Å². The SMILES string of the molecule is CCCCCOCc1nnsc1NCC. The lowest BCUT2D eigenvalue weighted by Crippen LogP contribution is -2.01. The smallest absolute Gasteiger partial charge is 0.135 e. The van der Waals surface area contributed by atoms with Gasteiger partial charge in [0.25, 0.3) is 0 Å². The van der Waals surface area contributed by atoms with Gasteiger partial charge in [-0.1, -0.05) is 24.3 Å². The van der Waals surface area contributed by atoms with E-state index in [2.05, 4.69) is 28.8 Å².